The zero-order valence-corrected chi connectivity index (χ0v) is 14.2. The Morgan fingerprint density at radius 2 is 2.04 bits per heavy atom. The number of carbonyl (C=O) groups excluding carboxylic acids is 2. The van der Waals surface area contributed by atoms with Gasteiger partial charge in [0.1, 0.15) is 0 Å². The van der Waals surface area contributed by atoms with Crippen LogP contribution in [-0.2, 0) is 27.4 Å². The van der Waals surface area contributed by atoms with E-state index in [9.17, 15) is 9.59 Å². The molecule has 1 aromatic carbocycles. The van der Waals surface area contributed by atoms with Crippen LogP contribution in [0.3, 0.4) is 0 Å². The molecule has 2 fully saturated rings. The standard InChI is InChI=1S/C18H25N3O3/c1-20-13-16(10-17(20)22)18(23)19-11-14-3-2-4-15(9-14)12-21-5-7-24-8-6-21/h2-4,9,16H,5-8,10-13H2,1H3,(H,19,23)/t16-/m1/s1. The molecule has 2 aliphatic heterocycles. The third-order valence-corrected chi connectivity index (χ3v) is 4.68. The van der Waals surface area contributed by atoms with Crippen molar-refractivity contribution < 1.29 is 14.3 Å². The van der Waals surface area contributed by atoms with Gasteiger partial charge >= 0.3 is 0 Å². The maximum atomic E-state index is 12.2. The van der Waals surface area contributed by atoms with Gasteiger partial charge in [-0.3, -0.25) is 14.5 Å². The van der Waals surface area contributed by atoms with Gasteiger partial charge < -0.3 is 15.0 Å². The van der Waals surface area contributed by atoms with Crippen molar-refractivity contribution in [3.63, 3.8) is 0 Å². The van der Waals surface area contributed by atoms with Gasteiger partial charge in [0.25, 0.3) is 0 Å². The lowest BCUT2D eigenvalue weighted by atomic mass is 10.1. The summed E-state index contributed by atoms with van der Waals surface area (Å²) in [6.07, 6.45) is 0.319. The number of amides is 2. The number of nitrogens with zero attached hydrogens (tertiary/aromatic N) is 2. The Morgan fingerprint density at radius 3 is 2.75 bits per heavy atom. The fourth-order valence-corrected chi connectivity index (χ4v) is 3.23. The fourth-order valence-electron chi connectivity index (χ4n) is 3.23. The van der Waals surface area contributed by atoms with Crippen LogP contribution in [0.2, 0.25) is 0 Å². The maximum Gasteiger partial charge on any atom is 0.225 e. The van der Waals surface area contributed by atoms with Crippen LogP contribution in [0, 0.1) is 5.92 Å². The molecule has 6 nitrogen and oxygen atoms in total. The minimum absolute atomic E-state index is 0.0358. The third kappa shape index (κ3) is 4.33. The smallest absolute Gasteiger partial charge is 0.225 e. The molecule has 0 aliphatic carbocycles. The molecule has 1 N–H and O–H groups in total. The molecular weight excluding hydrogens is 306 g/mol. The first-order chi connectivity index (χ1) is 11.6. The molecule has 6 heteroatoms. The lowest BCUT2D eigenvalue weighted by molar-refractivity contribution is -0.128. The van der Waals surface area contributed by atoms with E-state index in [2.05, 4.69) is 22.3 Å². The molecule has 2 aliphatic rings. The van der Waals surface area contributed by atoms with Crippen LogP contribution in [-0.4, -0.2) is 61.5 Å². The SMILES string of the molecule is CN1C[C@H](C(=O)NCc2cccc(CN3CCOCC3)c2)CC1=O. The lowest BCUT2D eigenvalue weighted by Crippen LogP contribution is -2.35. The van der Waals surface area contributed by atoms with E-state index in [1.54, 1.807) is 11.9 Å². The Hall–Kier alpha value is -1.92. The lowest BCUT2D eigenvalue weighted by Gasteiger charge is -2.26. The zero-order chi connectivity index (χ0) is 16.9. The van der Waals surface area contributed by atoms with Crippen LogP contribution >= 0.6 is 0 Å². The van der Waals surface area contributed by atoms with Crippen LogP contribution in [0.4, 0.5) is 0 Å². The van der Waals surface area contributed by atoms with Gasteiger partial charge in [0.2, 0.25) is 11.8 Å². The number of benzene rings is 1. The second-order valence-electron chi connectivity index (χ2n) is 6.60. The molecule has 0 radical (unpaired) electrons. The van der Waals surface area contributed by atoms with Crippen molar-refractivity contribution in [3.05, 3.63) is 35.4 Å². The first-order valence-electron chi connectivity index (χ1n) is 8.51. The molecule has 2 saturated heterocycles. The van der Waals surface area contributed by atoms with E-state index >= 15 is 0 Å². The van der Waals surface area contributed by atoms with Crippen molar-refractivity contribution in [2.45, 2.75) is 19.5 Å². The molecule has 3 rings (SSSR count). The van der Waals surface area contributed by atoms with Gasteiger partial charge in [-0.05, 0) is 11.1 Å². The Labute approximate surface area is 142 Å². The molecule has 1 aromatic rings. The first-order valence-corrected chi connectivity index (χ1v) is 8.51. The zero-order valence-electron chi connectivity index (χ0n) is 14.2. The molecule has 0 unspecified atom stereocenters. The van der Waals surface area contributed by atoms with Crippen molar-refractivity contribution in [2.75, 3.05) is 39.9 Å². The second-order valence-corrected chi connectivity index (χ2v) is 6.60. The summed E-state index contributed by atoms with van der Waals surface area (Å²) in [5.41, 5.74) is 2.34. The third-order valence-electron chi connectivity index (χ3n) is 4.68. The van der Waals surface area contributed by atoms with E-state index in [1.807, 2.05) is 12.1 Å². The number of ether oxygens (including phenoxy) is 1. The molecule has 0 saturated carbocycles. The van der Waals surface area contributed by atoms with E-state index in [0.717, 1.165) is 38.4 Å². The molecule has 2 heterocycles. The van der Waals surface area contributed by atoms with Crippen LogP contribution in [0.5, 0.6) is 0 Å². The topological polar surface area (TPSA) is 61.9 Å². The highest BCUT2D eigenvalue weighted by Gasteiger charge is 2.31. The molecule has 2 amide bonds. The number of morpholine rings is 1. The fraction of sp³-hybridized carbons (Fsp3) is 0.556. The molecule has 130 valence electrons. The van der Waals surface area contributed by atoms with Gasteiger partial charge in [-0.15, -0.1) is 0 Å². The van der Waals surface area contributed by atoms with Crippen LogP contribution in [0.15, 0.2) is 24.3 Å². The average Bonchev–Trinajstić information content (AvgIpc) is 2.93. The monoisotopic (exact) mass is 331 g/mol. The summed E-state index contributed by atoms with van der Waals surface area (Å²) in [6.45, 7) is 5.45. The van der Waals surface area contributed by atoms with Gasteiger partial charge in [-0.1, -0.05) is 24.3 Å². The van der Waals surface area contributed by atoms with Gasteiger partial charge in [-0.25, -0.2) is 0 Å². The molecule has 1 atom stereocenters. The normalized spacial score (nSPS) is 22.0. The predicted octanol–water partition coefficient (Wildman–Crippen LogP) is 0.613. The van der Waals surface area contributed by atoms with Crippen molar-refractivity contribution in [2.24, 2.45) is 5.92 Å². The van der Waals surface area contributed by atoms with E-state index in [4.69, 9.17) is 4.74 Å². The number of hydrogen-bond donors (Lipinski definition) is 1. The molecule has 0 bridgehead atoms. The Kier molecular flexibility index (Phi) is 5.48. The predicted molar refractivity (Wildman–Crippen MR) is 90.1 cm³/mol. The van der Waals surface area contributed by atoms with Crippen LogP contribution in [0.25, 0.3) is 0 Å². The number of nitrogens with one attached hydrogen (secondary N) is 1. The Morgan fingerprint density at radius 1 is 1.29 bits per heavy atom. The molecule has 24 heavy (non-hydrogen) atoms. The first kappa shape index (κ1) is 16.9. The number of carbonyl (C=O) groups is 2. The van der Waals surface area contributed by atoms with E-state index in [-0.39, 0.29) is 17.7 Å². The minimum atomic E-state index is -0.223. The largest absolute Gasteiger partial charge is 0.379 e. The highest BCUT2D eigenvalue weighted by molar-refractivity contribution is 5.89. The minimum Gasteiger partial charge on any atom is -0.379 e. The van der Waals surface area contributed by atoms with Crippen molar-refractivity contribution in [1.82, 2.24) is 15.1 Å². The molecule has 0 spiro atoms. The number of likely N-dealkylation sites (tertiary alicyclic amines) is 1. The van der Waals surface area contributed by atoms with Gasteiger partial charge in [-0.2, -0.15) is 0 Å². The van der Waals surface area contributed by atoms with Gasteiger partial charge in [0, 0.05) is 46.2 Å². The van der Waals surface area contributed by atoms with Crippen LogP contribution in [0.1, 0.15) is 17.5 Å². The maximum absolute atomic E-state index is 12.2. The van der Waals surface area contributed by atoms with Crippen molar-refractivity contribution in [1.29, 1.82) is 0 Å². The number of hydrogen-bond acceptors (Lipinski definition) is 4. The Bertz CT molecular complexity index is 599. The molecular formula is C18H25N3O3. The van der Waals surface area contributed by atoms with E-state index in [1.165, 1.54) is 5.56 Å². The summed E-state index contributed by atoms with van der Waals surface area (Å²) in [4.78, 5) is 27.7. The highest BCUT2D eigenvalue weighted by Crippen LogP contribution is 2.16. The van der Waals surface area contributed by atoms with E-state index in [0.29, 0.717) is 19.5 Å². The Balaban J connectivity index is 1.51. The summed E-state index contributed by atoms with van der Waals surface area (Å²) < 4.78 is 5.37. The van der Waals surface area contributed by atoms with Crippen molar-refractivity contribution in [3.8, 4) is 0 Å². The van der Waals surface area contributed by atoms with E-state index < -0.39 is 0 Å². The summed E-state index contributed by atoms with van der Waals surface area (Å²) in [6, 6.07) is 8.31. The highest BCUT2D eigenvalue weighted by atomic mass is 16.5. The summed E-state index contributed by atoms with van der Waals surface area (Å²) >= 11 is 0. The van der Waals surface area contributed by atoms with Gasteiger partial charge in [0.15, 0.2) is 0 Å². The van der Waals surface area contributed by atoms with Crippen LogP contribution < -0.4 is 5.32 Å². The number of rotatable bonds is 5. The summed E-state index contributed by atoms with van der Waals surface area (Å²) in [5, 5.41) is 2.96. The second kappa shape index (κ2) is 7.77. The molecule has 0 aromatic heterocycles. The average molecular weight is 331 g/mol. The van der Waals surface area contributed by atoms with Gasteiger partial charge in [0.05, 0.1) is 19.1 Å². The summed E-state index contributed by atoms with van der Waals surface area (Å²) in [7, 11) is 1.74. The van der Waals surface area contributed by atoms with Crippen molar-refractivity contribution >= 4 is 11.8 Å². The quantitative estimate of drug-likeness (QED) is 0.859. The summed E-state index contributed by atoms with van der Waals surface area (Å²) in [5.74, 6) is -0.215.